The number of rotatable bonds is 6. The van der Waals surface area contributed by atoms with Gasteiger partial charge in [-0.3, -0.25) is 4.79 Å². The maximum Gasteiger partial charge on any atom is 0.220 e. The fraction of sp³-hybridized carbons (Fsp3) is 0.650. The van der Waals surface area contributed by atoms with Gasteiger partial charge < -0.3 is 15.5 Å². The molecule has 4 heteroatoms. The maximum absolute atomic E-state index is 12.3. The average molecular weight is 329 g/mol. The zero-order chi connectivity index (χ0) is 17.0. The first-order valence-corrected chi connectivity index (χ1v) is 9.31. The molecule has 2 aliphatic rings. The van der Waals surface area contributed by atoms with E-state index in [1.165, 1.54) is 24.0 Å². The van der Waals surface area contributed by atoms with Crippen molar-refractivity contribution in [3.63, 3.8) is 0 Å². The highest BCUT2D eigenvalue weighted by molar-refractivity contribution is 5.76. The van der Waals surface area contributed by atoms with Gasteiger partial charge >= 0.3 is 0 Å². The monoisotopic (exact) mass is 329 g/mol. The highest BCUT2D eigenvalue weighted by Gasteiger charge is 2.39. The van der Waals surface area contributed by atoms with Crippen LogP contribution in [0.15, 0.2) is 24.3 Å². The van der Waals surface area contributed by atoms with E-state index in [-0.39, 0.29) is 11.4 Å². The topological polar surface area (TPSA) is 44.4 Å². The molecule has 0 atom stereocenters. The van der Waals surface area contributed by atoms with Gasteiger partial charge in [-0.15, -0.1) is 0 Å². The normalized spacial score (nSPS) is 20.1. The molecule has 0 saturated carbocycles. The number of amides is 1. The van der Waals surface area contributed by atoms with E-state index in [1.807, 2.05) is 0 Å². The first-order valence-electron chi connectivity index (χ1n) is 9.31. The molecule has 1 fully saturated rings. The van der Waals surface area contributed by atoms with Crippen molar-refractivity contribution in [2.24, 2.45) is 5.92 Å². The van der Waals surface area contributed by atoms with Crippen LogP contribution in [0.5, 0.6) is 0 Å². The second kappa shape index (κ2) is 7.66. The first kappa shape index (κ1) is 17.4. The maximum atomic E-state index is 12.3. The number of likely N-dealkylation sites (N-methyl/N-ethyl adjacent to an activating group) is 1. The van der Waals surface area contributed by atoms with Gasteiger partial charge in [-0.2, -0.15) is 0 Å². The van der Waals surface area contributed by atoms with Gasteiger partial charge in [0.2, 0.25) is 5.91 Å². The molecular formula is C20H31N3O. The van der Waals surface area contributed by atoms with Crippen molar-refractivity contribution in [3.05, 3.63) is 35.4 Å². The minimum atomic E-state index is 0.0219. The summed E-state index contributed by atoms with van der Waals surface area (Å²) in [7, 11) is 4.26. The molecule has 1 aromatic carbocycles. The SMILES string of the molecule is CN(C)C1(CNC(=O)CCC2CCNCC2)Cc2ccccc2C1. The Kier molecular flexibility index (Phi) is 5.57. The summed E-state index contributed by atoms with van der Waals surface area (Å²) in [6.07, 6.45) is 6.16. The highest BCUT2D eigenvalue weighted by atomic mass is 16.1. The molecule has 132 valence electrons. The summed E-state index contributed by atoms with van der Waals surface area (Å²) in [6.45, 7) is 2.95. The number of carbonyl (C=O) groups is 1. The Morgan fingerprint density at radius 1 is 1.21 bits per heavy atom. The Morgan fingerprint density at radius 2 is 1.83 bits per heavy atom. The molecule has 2 N–H and O–H groups in total. The van der Waals surface area contributed by atoms with Crippen LogP contribution in [0.2, 0.25) is 0 Å². The number of benzene rings is 1. The lowest BCUT2D eigenvalue weighted by Gasteiger charge is -2.36. The van der Waals surface area contributed by atoms with Crippen molar-refractivity contribution in [1.29, 1.82) is 0 Å². The molecular weight excluding hydrogens is 298 g/mol. The van der Waals surface area contributed by atoms with Gasteiger partial charge in [0.15, 0.2) is 0 Å². The lowest BCUT2D eigenvalue weighted by atomic mass is 9.92. The van der Waals surface area contributed by atoms with Crippen molar-refractivity contribution >= 4 is 5.91 Å². The predicted octanol–water partition coefficient (Wildman–Crippen LogP) is 1.98. The van der Waals surface area contributed by atoms with E-state index in [1.54, 1.807) is 0 Å². The van der Waals surface area contributed by atoms with Crippen LogP contribution in [0.3, 0.4) is 0 Å². The second-order valence-electron chi connectivity index (χ2n) is 7.75. The molecule has 4 nitrogen and oxygen atoms in total. The number of hydrogen-bond acceptors (Lipinski definition) is 3. The van der Waals surface area contributed by atoms with E-state index in [9.17, 15) is 4.79 Å². The lowest BCUT2D eigenvalue weighted by Crippen LogP contribution is -2.53. The minimum Gasteiger partial charge on any atom is -0.354 e. The number of carbonyl (C=O) groups excluding carboxylic acids is 1. The number of fused-ring (bicyclic) bond motifs is 1. The van der Waals surface area contributed by atoms with Gasteiger partial charge in [-0.25, -0.2) is 0 Å². The largest absolute Gasteiger partial charge is 0.354 e. The van der Waals surface area contributed by atoms with E-state index in [0.717, 1.165) is 44.8 Å². The van der Waals surface area contributed by atoms with Crippen molar-refractivity contribution in [1.82, 2.24) is 15.5 Å². The minimum absolute atomic E-state index is 0.0219. The summed E-state index contributed by atoms with van der Waals surface area (Å²) < 4.78 is 0. The molecule has 0 spiro atoms. The standard InChI is InChI=1S/C20H31N3O/c1-23(2)20(13-17-5-3-4-6-18(17)14-20)15-22-19(24)8-7-16-9-11-21-12-10-16/h3-6,16,21H,7-15H2,1-2H3,(H,22,24). The Labute approximate surface area is 146 Å². The molecule has 1 aromatic rings. The van der Waals surface area contributed by atoms with E-state index < -0.39 is 0 Å². The Balaban J connectivity index is 1.51. The zero-order valence-electron chi connectivity index (χ0n) is 15.1. The van der Waals surface area contributed by atoms with Gasteiger partial charge in [-0.05, 0) is 76.3 Å². The summed E-state index contributed by atoms with van der Waals surface area (Å²) in [5, 5.41) is 6.61. The predicted molar refractivity (Wildman–Crippen MR) is 98.1 cm³/mol. The van der Waals surface area contributed by atoms with E-state index in [0.29, 0.717) is 6.42 Å². The molecule has 1 aliphatic carbocycles. The van der Waals surface area contributed by atoms with Crippen LogP contribution in [-0.2, 0) is 17.6 Å². The van der Waals surface area contributed by atoms with Crippen LogP contribution in [0.25, 0.3) is 0 Å². The smallest absolute Gasteiger partial charge is 0.220 e. The van der Waals surface area contributed by atoms with E-state index in [2.05, 4.69) is 53.9 Å². The Hall–Kier alpha value is -1.39. The number of piperidine rings is 1. The highest BCUT2D eigenvalue weighted by Crippen LogP contribution is 2.33. The van der Waals surface area contributed by atoms with Gasteiger partial charge in [0.25, 0.3) is 0 Å². The quantitative estimate of drug-likeness (QED) is 0.839. The van der Waals surface area contributed by atoms with Gasteiger partial charge in [-0.1, -0.05) is 24.3 Å². The lowest BCUT2D eigenvalue weighted by molar-refractivity contribution is -0.122. The van der Waals surface area contributed by atoms with E-state index in [4.69, 9.17) is 0 Å². The second-order valence-corrected chi connectivity index (χ2v) is 7.75. The fourth-order valence-electron chi connectivity index (χ4n) is 4.13. The average Bonchev–Trinajstić information content (AvgIpc) is 2.99. The molecule has 0 unspecified atom stereocenters. The van der Waals surface area contributed by atoms with Crippen molar-refractivity contribution < 1.29 is 4.79 Å². The van der Waals surface area contributed by atoms with Gasteiger partial charge in [0, 0.05) is 18.5 Å². The summed E-state index contributed by atoms with van der Waals surface area (Å²) in [4.78, 5) is 14.6. The third kappa shape index (κ3) is 3.98. The van der Waals surface area contributed by atoms with Crippen LogP contribution in [0, 0.1) is 5.92 Å². The van der Waals surface area contributed by atoms with Crippen LogP contribution >= 0.6 is 0 Å². The number of hydrogen-bond donors (Lipinski definition) is 2. The number of nitrogens with one attached hydrogen (secondary N) is 2. The summed E-state index contributed by atoms with van der Waals surface area (Å²) in [5.74, 6) is 0.932. The van der Waals surface area contributed by atoms with Crippen LogP contribution in [-0.4, -0.2) is 50.1 Å². The third-order valence-corrected chi connectivity index (χ3v) is 5.96. The number of nitrogens with zero attached hydrogens (tertiary/aromatic N) is 1. The first-order chi connectivity index (χ1) is 11.6. The summed E-state index contributed by atoms with van der Waals surface area (Å²) in [6, 6.07) is 8.67. The molecule has 1 heterocycles. The fourth-order valence-corrected chi connectivity index (χ4v) is 4.13. The summed E-state index contributed by atoms with van der Waals surface area (Å²) in [5.41, 5.74) is 2.87. The van der Waals surface area contributed by atoms with Crippen molar-refractivity contribution in [2.45, 2.75) is 44.1 Å². The molecule has 0 aromatic heterocycles. The third-order valence-electron chi connectivity index (χ3n) is 5.96. The van der Waals surface area contributed by atoms with Crippen LogP contribution in [0.1, 0.15) is 36.8 Å². The van der Waals surface area contributed by atoms with Crippen molar-refractivity contribution in [2.75, 3.05) is 33.7 Å². The molecule has 3 rings (SSSR count). The van der Waals surface area contributed by atoms with Crippen LogP contribution in [0.4, 0.5) is 0 Å². The van der Waals surface area contributed by atoms with E-state index >= 15 is 0 Å². The zero-order valence-corrected chi connectivity index (χ0v) is 15.1. The van der Waals surface area contributed by atoms with Crippen LogP contribution < -0.4 is 10.6 Å². The Morgan fingerprint density at radius 3 is 2.42 bits per heavy atom. The molecule has 0 radical (unpaired) electrons. The molecule has 24 heavy (non-hydrogen) atoms. The summed E-state index contributed by atoms with van der Waals surface area (Å²) >= 11 is 0. The Bertz CT molecular complexity index is 539. The van der Waals surface area contributed by atoms with Gasteiger partial charge in [0.05, 0.1) is 0 Å². The molecule has 0 bridgehead atoms. The molecule has 1 aliphatic heterocycles. The van der Waals surface area contributed by atoms with Crippen molar-refractivity contribution in [3.8, 4) is 0 Å². The van der Waals surface area contributed by atoms with Gasteiger partial charge in [0.1, 0.15) is 0 Å². The molecule has 1 saturated heterocycles. The molecule has 1 amide bonds.